The van der Waals surface area contributed by atoms with Crippen LogP contribution < -0.4 is 10.1 Å². The molecule has 0 spiro atoms. The third kappa shape index (κ3) is 4.87. The number of ether oxygens (including phenoxy) is 1. The summed E-state index contributed by atoms with van der Waals surface area (Å²) in [5.41, 5.74) is 1.58. The number of hydrogen-bond acceptors (Lipinski definition) is 6. The second kappa shape index (κ2) is 9.26. The van der Waals surface area contributed by atoms with Crippen LogP contribution in [0.4, 0.5) is 0 Å². The molecule has 1 aliphatic rings. The molecule has 0 bridgehead atoms. The minimum atomic E-state index is 0.0688. The van der Waals surface area contributed by atoms with Gasteiger partial charge in [0.1, 0.15) is 10.8 Å². The van der Waals surface area contributed by atoms with E-state index in [-0.39, 0.29) is 5.91 Å². The fourth-order valence-electron chi connectivity index (χ4n) is 3.55. The number of nitrogens with zero attached hydrogens (tertiary/aromatic N) is 4. The van der Waals surface area contributed by atoms with Gasteiger partial charge in [-0.1, -0.05) is 31.0 Å². The van der Waals surface area contributed by atoms with Crippen LogP contribution in [-0.4, -0.2) is 44.1 Å². The van der Waals surface area contributed by atoms with Gasteiger partial charge in [-0.3, -0.25) is 4.79 Å². The van der Waals surface area contributed by atoms with Crippen molar-refractivity contribution in [1.82, 2.24) is 25.1 Å². The zero-order valence-corrected chi connectivity index (χ0v) is 17.3. The van der Waals surface area contributed by atoms with Gasteiger partial charge in [0.05, 0.1) is 12.4 Å². The Bertz CT molecular complexity index is 967. The molecule has 2 heterocycles. The molecular weight excluding hydrogens is 386 g/mol. The van der Waals surface area contributed by atoms with Crippen molar-refractivity contribution in [2.75, 3.05) is 12.4 Å². The Kier molecular flexibility index (Phi) is 6.29. The number of aromatic nitrogens is 4. The number of fused-ring (bicyclic) bond motifs is 1. The highest BCUT2D eigenvalue weighted by atomic mass is 32.2. The Balaban J connectivity index is 1.44. The van der Waals surface area contributed by atoms with E-state index in [9.17, 15) is 4.79 Å². The lowest BCUT2D eigenvalue weighted by Crippen LogP contribution is -2.37. The van der Waals surface area contributed by atoms with Crippen molar-refractivity contribution in [3.63, 3.8) is 0 Å². The topological polar surface area (TPSA) is 81.4 Å². The predicted molar refractivity (Wildman–Crippen MR) is 113 cm³/mol. The van der Waals surface area contributed by atoms with Gasteiger partial charge >= 0.3 is 0 Å². The molecule has 29 heavy (non-hydrogen) atoms. The number of rotatable bonds is 7. The Hall–Kier alpha value is -2.61. The van der Waals surface area contributed by atoms with E-state index in [0.717, 1.165) is 29.2 Å². The first-order valence-corrected chi connectivity index (χ1v) is 11.1. The van der Waals surface area contributed by atoms with E-state index in [1.54, 1.807) is 4.52 Å². The summed E-state index contributed by atoms with van der Waals surface area (Å²) in [5, 5.41) is 17.0. The highest BCUT2D eigenvalue weighted by Crippen LogP contribution is 2.23. The van der Waals surface area contributed by atoms with Gasteiger partial charge in [-0.2, -0.15) is 9.61 Å². The molecule has 3 aromatic rings. The molecule has 152 valence electrons. The number of amides is 1. The maximum atomic E-state index is 12.3. The van der Waals surface area contributed by atoms with Crippen molar-refractivity contribution in [1.29, 1.82) is 0 Å². The number of carbonyl (C=O) groups is 1. The minimum absolute atomic E-state index is 0.0688. The molecule has 0 aliphatic heterocycles. The molecule has 4 rings (SSSR count). The van der Waals surface area contributed by atoms with Gasteiger partial charge in [0.15, 0.2) is 11.5 Å². The Labute approximate surface area is 174 Å². The molecule has 1 fully saturated rings. The van der Waals surface area contributed by atoms with Crippen LogP contribution in [0.5, 0.6) is 5.75 Å². The second-order valence-electron chi connectivity index (χ2n) is 7.11. The molecular formula is C21H25N5O2S. The Morgan fingerprint density at radius 3 is 2.69 bits per heavy atom. The average molecular weight is 412 g/mol. The maximum absolute atomic E-state index is 12.3. The molecule has 0 saturated heterocycles. The lowest BCUT2D eigenvalue weighted by Gasteiger charge is -2.22. The van der Waals surface area contributed by atoms with E-state index < -0.39 is 0 Å². The quantitative estimate of drug-likeness (QED) is 0.597. The van der Waals surface area contributed by atoms with Crippen LogP contribution in [0.15, 0.2) is 41.4 Å². The molecule has 1 aromatic carbocycles. The molecule has 1 amide bonds. The van der Waals surface area contributed by atoms with E-state index in [4.69, 9.17) is 4.74 Å². The van der Waals surface area contributed by atoms with Crippen molar-refractivity contribution in [3.05, 3.63) is 36.4 Å². The Morgan fingerprint density at radius 2 is 1.93 bits per heavy atom. The van der Waals surface area contributed by atoms with Crippen LogP contribution in [0.1, 0.15) is 39.0 Å². The smallest absolute Gasteiger partial charge is 0.230 e. The van der Waals surface area contributed by atoms with Gasteiger partial charge in [0.2, 0.25) is 5.91 Å². The van der Waals surface area contributed by atoms with Crippen molar-refractivity contribution in [3.8, 4) is 17.1 Å². The number of benzene rings is 1. The molecule has 0 unspecified atom stereocenters. The van der Waals surface area contributed by atoms with E-state index in [1.807, 2.05) is 43.3 Å². The molecule has 1 N–H and O–H groups in total. The van der Waals surface area contributed by atoms with Crippen LogP contribution in [0.2, 0.25) is 0 Å². The standard InChI is InChI=1S/C21H25N5O2S/c1-2-28-17-10-8-15(9-11-17)21-24-23-18-12-13-20(25-26(18)21)29-14-19(27)22-16-6-4-3-5-7-16/h8-13,16H,2-7,14H2,1H3,(H,22,27). The SMILES string of the molecule is CCOc1ccc(-c2nnc3ccc(SCC(=O)NC4CCCCC4)nn23)cc1. The number of hydrogen-bond donors (Lipinski definition) is 1. The van der Waals surface area contributed by atoms with Crippen molar-refractivity contribution >= 4 is 23.3 Å². The first-order chi connectivity index (χ1) is 14.2. The van der Waals surface area contributed by atoms with Crippen molar-refractivity contribution in [2.24, 2.45) is 0 Å². The first-order valence-electron chi connectivity index (χ1n) is 10.1. The monoisotopic (exact) mass is 411 g/mol. The zero-order valence-electron chi connectivity index (χ0n) is 16.5. The summed E-state index contributed by atoms with van der Waals surface area (Å²) in [4.78, 5) is 12.3. The molecule has 1 aliphatic carbocycles. The summed E-state index contributed by atoms with van der Waals surface area (Å²) in [6, 6.07) is 11.8. The molecule has 2 aromatic heterocycles. The van der Waals surface area contributed by atoms with Crippen LogP contribution in [0.3, 0.4) is 0 Å². The average Bonchev–Trinajstić information content (AvgIpc) is 3.17. The molecule has 0 radical (unpaired) electrons. The highest BCUT2D eigenvalue weighted by Gasteiger charge is 2.16. The number of carbonyl (C=O) groups excluding carboxylic acids is 1. The van der Waals surface area contributed by atoms with Gasteiger partial charge < -0.3 is 10.1 Å². The molecule has 8 heteroatoms. The molecule has 7 nitrogen and oxygen atoms in total. The summed E-state index contributed by atoms with van der Waals surface area (Å²) in [6.45, 7) is 2.59. The van der Waals surface area contributed by atoms with Crippen LogP contribution in [-0.2, 0) is 4.79 Å². The summed E-state index contributed by atoms with van der Waals surface area (Å²) in [6.07, 6.45) is 5.87. The number of nitrogens with one attached hydrogen (secondary N) is 1. The maximum Gasteiger partial charge on any atom is 0.230 e. The van der Waals surface area contributed by atoms with Crippen LogP contribution >= 0.6 is 11.8 Å². The van der Waals surface area contributed by atoms with Gasteiger partial charge in [-0.25, -0.2) is 0 Å². The summed E-state index contributed by atoms with van der Waals surface area (Å²) < 4.78 is 7.21. The minimum Gasteiger partial charge on any atom is -0.494 e. The third-order valence-corrected chi connectivity index (χ3v) is 5.90. The molecule has 0 atom stereocenters. The van der Waals surface area contributed by atoms with Crippen LogP contribution in [0.25, 0.3) is 17.0 Å². The largest absolute Gasteiger partial charge is 0.494 e. The van der Waals surface area contributed by atoms with Gasteiger partial charge in [0, 0.05) is 11.6 Å². The van der Waals surface area contributed by atoms with Crippen LogP contribution in [0, 0.1) is 0 Å². The Morgan fingerprint density at radius 1 is 1.14 bits per heavy atom. The van der Waals surface area contributed by atoms with Crippen molar-refractivity contribution < 1.29 is 9.53 Å². The van der Waals surface area contributed by atoms with E-state index in [0.29, 0.717) is 29.9 Å². The second-order valence-corrected chi connectivity index (χ2v) is 8.11. The fraction of sp³-hybridized carbons (Fsp3) is 0.429. The normalized spacial score (nSPS) is 14.8. The van der Waals surface area contributed by atoms with E-state index in [2.05, 4.69) is 20.6 Å². The lowest BCUT2D eigenvalue weighted by molar-refractivity contribution is -0.119. The zero-order chi connectivity index (χ0) is 20.1. The van der Waals surface area contributed by atoms with E-state index in [1.165, 1.54) is 31.0 Å². The van der Waals surface area contributed by atoms with Crippen molar-refractivity contribution in [2.45, 2.75) is 50.1 Å². The van der Waals surface area contributed by atoms with Gasteiger partial charge in [-0.15, -0.1) is 10.2 Å². The summed E-state index contributed by atoms with van der Waals surface area (Å²) in [5.74, 6) is 1.91. The van der Waals surface area contributed by atoms with Gasteiger partial charge in [-0.05, 0) is 56.2 Å². The summed E-state index contributed by atoms with van der Waals surface area (Å²) in [7, 11) is 0. The first kappa shape index (κ1) is 19.7. The van der Waals surface area contributed by atoms with Gasteiger partial charge in [0.25, 0.3) is 0 Å². The molecule has 1 saturated carbocycles. The lowest BCUT2D eigenvalue weighted by atomic mass is 9.95. The number of thioether (sulfide) groups is 1. The fourth-order valence-corrected chi connectivity index (χ4v) is 4.22. The highest BCUT2D eigenvalue weighted by molar-refractivity contribution is 7.99. The predicted octanol–water partition coefficient (Wildman–Crippen LogP) is 3.73. The summed E-state index contributed by atoms with van der Waals surface area (Å²) >= 11 is 1.43. The van der Waals surface area contributed by atoms with E-state index >= 15 is 0 Å². The third-order valence-electron chi connectivity index (χ3n) is 4.98.